The molecule has 2 rings (SSSR count). The molecule has 0 fully saturated rings. The fraction of sp³-hybridized carbons (Fsp3) is 0.263. The smallest absolute Gasteiger partial charge is 0.347 e. The van der Waals surface area contributed by atoms with Crippen LogP contribution in [0.4, 0.5) is 0 Å². The predicted octanol–water partition coefficient (Wildman–Crippen LogP) is 4.21. The number of hydrogen-bond donors (Lipinski definition) is 0. The van der Waals surface area contributed by atoms with Crippen LogP contribution in [0.3, 0.4) is 0 Å². The Bertz CT molecular complexity index is 738. The number of esters is 1. The van der Waals surface area contributed by atoms with E-state index in [0.717, 1.165) is 0 Å². The molecule has 0 aliphatic rings. The van der Waals surface area contributed by atoms with Gasteiger partial charge >= 0.3 is 5.97 Å². The molecule has 4 nitrogen and oxygen atoms in total. The van der Waals surface area contributed by atoms with Crippen LogP contribution in [0.15, 0.2) is 42.5 Å². The topological polar surface area (TPSA) is 52.6 Å². The van der Waals surface area contributed by atoms with Crippen molar-refractivity contribution in [2.75, 3.05) is 6.61 Å². The second kappa shape index (κ2) is 7.97. The quantitative estimate of drug-likeness (QED) is 0.580. The van der Waals surface area contributed by atoms with E-state index in [1.807, 2.05) is 0 Å². The van der Waals surface area contributed by atoms with Gasteiger partial charge in [0.05, 0.1) is 6.61 Å². The molecule has 126 valence electrons. The van der Waals surface area contributed by atoms with E-state index in [9.17, 15) is 9.59 Å². The standard InChI is InChI=1S/C19H19ClO4/c1-4-23-19(22)13(3)24-17-7-5-6-16(12(17)2)18(21)14-8-10-15(20)11-9-14/h5-11,13H,4H2,1-3H3. The molecule has 0 aromatic heterocycles. The van der Waals surface area contributed by atoms with Gasteiger partial charge in [0.25, 0.3) is 0 Å². The zero-order chi connectivity index (χ0) is 17.7. The molecule has 0 aliphatic carbocycles. The third-order valence-corrected chi connectivity index (χ3v) is 3.81. The molecule has 2 aromatic carbocycles. The van der Waals surface area contributed by atoms with E-state index in [-0.39, 0.29) is 5.78 Å². The summed E-state index contributed by atoms with van der Waals surface area (Å²) in [5.74, 6) is -0.0832. The summed E-state index contributed by atoms with van der Waals surface area (Å²) in [6, 6.07) is 11.9. The molecule has 0 saturated heterocycles. The summed E-state index contributed by atoms with van der Waals surface area (Å²) in [4.78, 5) is 24.4. The highest BCUT2D eigenvalue weighted by Crippen LogP contribution is 2.25. The van der Waals surface area contributed by atoms with Gasteiger partial charge in [0, 0.05) is 21.7 Å². The maximum Gasteiger partial charge on any atom is 0.347 e. The number of carbonyl (C=O) groups is 2. The van der Waals surface area contributed by atoms with Crippen LogP contribution in [0.1, 0.15) is 35.3 Å². The van der Waals surface area contributed by atoms with Gasteiger partial charge in [0.15, 0.2) is 11.9 Å². The molecular weight excluding hydrogens is 328 g/mol. The third kappa shape index (κ3) is 4.15. The summed E-state index contributed by atoms with van der Waals surface area (Å²) in [6.07, 6.45) is -0.746. The third-order valence-electron chi connectivity index (χ3n) is 3.56. The van der Waals surface area contributed by atoms with Crippen LogP contribution in [-0.2, 0) is 9.53 Å². The van der Waals surface area contributed by atoms with Crippen LogP contribution < -0.4 is 4.74 Å². The van der Waals surface area contributed by atoms with Gasteiger partial charge in [-0.1, -0.05) is 23.7 Å². The Morgan fingerprint density at radius 3 is 2.42 bits per heavy atom. The van der Waals surface area contributed by atoms with Crippen LogP contribution in [0.25, 0.3) is 0 Å². The Morgan fingerprint density at radius 2 is 1.79 bits per heavy atom. The van der Waals surface area contributed by atoms with Crippen LogP contribution >= 0.6 is 11.6 Å². The molecule has 0 N–H and O–H groups in total. The van der Waals surface area contributed by atoms with E-state index in [4.69, 9.17) is 21.1 Å². The minimum Gasteiger partial charge on any atom is -0.479 e. The number of ketones is 1. The van der Waals surface area contributed by atoms with Crippen LogP contribution in [0, 0.1) is 6.92 Å². The van der Waals surface area contributed by atoms with Crippen LogP contribution in [0.5, 0.6) is 5.75 Å². The average Bonchev–Trinajstić information content (AvgIpc) is 2.57. The van der Waals surface area contributed by atoms with Crippen LogP contribution in [0.2, 0.25) is 5.02 Å². The summed E-state index contributed by atoms with van der Waals surface area (Å²) in [7, 11) is 0. The number of ether oxygens (including phenoxy) is 2. The molecular formula is C19H19ClO4. The first kappa shape index (κ1) is 18.0. The molecule has 0 bridgehead atoms. The highest BCUT2D eigenvalue weighted by molar-refractivity contribution is 6.30. The van der Waals surface area contributed by atoms with Crippen molar-refractivity contribution in [1.29, 1.82) is 0 Å². The van der Waals surface area contributed by atoms with E-state index in [0.29, 0.717) is 34.1 Å². The molecule has 5 heteroatoms. The maximum absolute atomic E-state index is 12.7. The molecule has 0 saturated carbocycles. The lowest BCUT2D eigenvalue weighted by Crippen LogP contribution is -2.26. The van der Waals surface area contributed by atoms with Gasteiger partial charge in [-0.25, -0.2) is 4.79 Å². The monoisotopic (exact) mass is 346 g/mol. The lowest BCUT2D eigenvalue weighted by Gasteiger charge is -2.16. The Kier molecular flexibility index (Phi) is 5.99. The Morgan fingerprint density at radius 1 is 1.12 bits per heavy atom. The number of halogens is 1. The first-order valence-corrected chi connectivity index (χ1v) is 8.05. The molecule has 0 heterocycles. The Hall–Kier alpha value is -2.33. The summed E-state index contributed by atoms with van der Waals surface area (Å²) >= 11 is 5.86. The first-order valence-electron chi connectivity index (χ1n) is 7.67. The maximum atomic E-state index is 12.7. The number of carbonyl (C=O) groups excluding carboxylic acids is 2. The van der Waals surface area contributed by atoms with E-state index in [1.54, 1.807) is 63.2 Å². The van der Waals surface area contributed by atoms with Crippen molar-refractivity contribution in [3.8, 4) is 5.75 Å². The summed E-state index contributed by atoms with van der Waals surface area (Å²) < 4.78 is 10.6. The van der Waals surface area contributed by atoms with Gasteiger partial charge in [-0.05, 0) is 51.1 Å². The van der Waals surface area contributed by atoms with E-state index in [2.05, 4.69) is 0 Å². The van der Waals surface area contributed by atoms with E-state index >= 15 is 0 Å². The minimum absolute atomic E-state index is 0.126. The minimum atomic E-state index is -0.746. The van der Waals surface area contributed by atoms with E-state index in [1.165, 1.54) is 0 Å². The van der Waals surface area contributed by atoms with Gasteiger partial charge in [-0.2, -0.15) is 0 Å². The second-order valence-electron chi connectivity index (χ2n) is 5.28. The lowest BCUT2D eigenvalue weighted by molar-refractivity contribution is -0.150. The largest absolute Gasteiger partial charge is 0.479 e. The molecule has 0 radical (unpaired) electrons. The molecule has 0 spiro atoms. The van der Waals surface area contributed by atoms with Crippen molar-refractivity contribution in [1.82, 2.24) is 0 Å². The summed E-state index contributed by atoms with van der Waals surface area (Å²) in [6.45, 7) is 5.43. The summed E-state index contributed by atoms with van der Waals surface area (Å²) in [5.41, 5.74) is 1.73. The van der Waals surface area contributed by atoms with E-state index < -0.39 is 12.1 Å². The lowest BCUT2D eigenvalue weighted by atomic mass is 9.98. The van der Waals surface area contributed by atoms with Crippen molar-refractivity contribution in [2.45, 2.75) is 26.9 Å². The zero-order valence-electron chi connectivity index (χ0n) is 13.8. The molecule has 0 amide bonds. The Labute approximate surface area is 146 Å². The van der Waals surface area contributed by atoms with Crippen molar-refractivity contribution >= 4 is 23.4 Å². The Balaban J connectivity index is 2.25. The number of hydrogen-bond acceptors (Lipinski definition) is 4. The van der Waals surface area contributed by atoms with Crippen molar-refractivity contribution in [3.05, 3.63) is 64.2 Å². The highest BCUT2D eigenvalue weighted by Gasteiger charge is 2.19. The molecule has 2 aromatic rings. The van der Waals surface area contributed by atoms with Gasteiger partial charge in [-0.15, -0.1) is 0 Å². The molecule has 1 atom stereocenters. The second-order valence-corrected chi connectivity index (χ2v) is 5.71. The van der Waals surface area contributed by atoms with Gasteiger partial charge < -0.3 is 9.47 Å². The fourth-order valence-electron chi connectivity index (χ4n) is 2.24. The number of benzene rings is 2. The van der Waals surface area contributed by atoms with Gasteiger partial charge in [0.1, 0.15) is 5.75 Å². The zero-order valence-corrected chi connectivity index (χ0v) is 14.6. The SMILES string of the molecule is CCOC(=O)C(C)Oc1cccc(C(=O)c2ccc(Cl)cc2)c1C. The van der Waals surface area contributed by atoms with Gasteiger partial charge in [-0.3, -0.25) is 4.79 Å². The predicted molar refractivity (Wildman–Crippen MR) is 92.8 cm³/mol. The van der Waals surface area contributed by atoms with Gasteiger partial charge in [0.2, 0.25) is 0 Å². The number of rotatable bonds is 6. The summed E-state index contributed by atoms with van der Waals surface area (Å²) in [5, 5.41) is 0.573. The molecule has 0 aliphatic heterocycles. The fourth-order valence-corrected chi connectivity index (χ4v) is 2.37. The normalized spacial score (nSPS) is 11.7. The first-order chi connectivity index (χ1) is 11.4. The highest BCUT2D eigenvalue weighted by atomic mass is 35.5. The van der Waals surface area contributed by atoms with Crippen LogP contribution in [-0.4, -0.2) is 24.5 Å². The molecule has 1 unspecified atom stereocenters. The van der Waals surface area contributed by atoms with Crippen molar-refractivity contribution in [2.24, 2.45) is 0 Å². The van der Waals surface area contributed by atoms with Crippen molar-refractivity contribution in [3.63, 3.8) is 0 Å². The average molecular weight is 347 g/mol. The molecule has 24 heavy (non-hydrogen) atoms. The van der Waals surface area contributed by atoms with Crippen molar-refractivity contribution < 1.29 is 19.1 Å².